The molecule has 1 aromatic rings. The van der Waals surface area contributed by atoms with E-state index in [9.17, 15) is 18.0 Å². The maximum absolute atomic E-state index is 12.8. The Bertz CT molecular complexity index is 615. The normalized spacial score (nSPS) is 29.3. The summed E-state index contributed by atoms with van der Waals surface area (Å²) in [5, 5.41) is 2.84. The number of carbonyl (C=O) groups is 1. The summed E-state index contributed by atoms with van der Waals surface area (Å²) < 4.78 is 41.4. The predicted octanol–water partition coefficient (Wildman–Crippen LogP) is 4.04. The van der Waals surface area contributed by atoms with Crippen LogP contribution < -0.4 is 10.0 Å². The van der Waals surface area contributed by atoms with Crippen molar-refractivity contribution in [3.63, 3.8) is 0 Å². The van der Waals surface area contributed by atoms with Crippen LogP contribution in [0.2, 0.25) is 0 Å². The van der Waals surface area contributed by atoms with E-state index < -0.39 is 17.6 Å². The Kier molecular flexibility index (Phi) is 3.56. The number of halogens is 4. The molecular formula is C14H14ClF3N2OS. The number of hydrogen-bond donors (Lipinski definition) is 2. The topological polar surface area (TPSA) is 41.1 Å². The molecule has 3 saturated carbocycles. The maximum atomic E-state index is 12.8. The lowest BCUT2D eigenvalue weighted by atomic mass is 9.49. The number of carbonyl (C=O) groups excluding carboxylic acids is 1. The van der Waals surface area contributed by atoms with Crippen LogP contribution in [0, 0.1) is 0 Å². The molecule has 1 amide bonds. The molecule has 0 aromatic heterocycles. The smallest absolute Gasteiger partial charge is 0.346 e. The van der Waals surface area contributed by atoms with Gasteiger partial charge < -0.3 is 10.0 Å². The Balaban J connectivity index is 1.84. The standard InChI is InChI=1S/C14H14ClF3N2OS/c1-22-20-10-3-2-8(14(16,17)18)4-9(10)11(21)19-13-5-12(15,6-13)7-13/h2-4,20H,5-7H2,1H3,(H,19,21). The van der Waals surface area contributed by atoms with Gasteiger partial charge in [0.05, 0.1) is 21.7 Å². The van der Waals surface area contributed by atoms with Crippen molar-refractivity contribution in [1.82, 2.24) is 5.32 Å². The SMILES string of the molecule is CSNc1ccc(C(F)(F)F)cc1C(=O)NC12CC(Cl)(C1)C2. The van der Waals surface area contributed by atoms with Crippen molar-refractivity contribution in [3.05, 3.63) is 29.3 Å². The van der Waals surface area contributed by atoms with Crippen LogP contribution in [0.4, 0.5) is 18.9 Å². The zero-order valence-electron chi connectivity index (χ0n) is 11.7. The third-order valence-corrected chi connectivity index (χ3v) is 4.97. The molecule has 120 valence electrons. The Hall–Kier alpha value is -1.08. The first-order valence-corrected chi connectivity index (χ1v) is 8.28. The van der Waals surface area contributed by atoms with E-state index in [0.29, 0.717) is 24.9 Å². The molecule has 0 radical (unpaired) electrons. The lowest BCUT2D eigenvalue weighted by molar-refractivity contribution is -0.137. The van der Waals surface area contributed by atoms with Gasteiger partial charge in [0.25, 0.3) is 5.91 Å². The highest BCUT2D eigenvalue weighted by Gasteiger charge is 2.68. The highest BCUT2D eigenvalue weighted by Crippen LogP contribution is 2.64. The van der Waals surface area contributed by atoms with Gasteiger partial charge in [-0.2, -0.15) is 13.2 Å². The lowest BCUT2D eigenvalue weighted by Gasteiger charge is -2.67. The summed E-state index contributed by atoms with van der Waals surface area (Å²) in [5.41, 5.74) is -0.803. The number of rotatable bonds is 4. The minimum Gasteiger partial charge on any atom is -0.346 e. The van der Waals surface area contributed by atoms with Crippen molar-refractivity contribution >= 4 is 35.1 Å². The molecule has 8 heteroatoms. The molecule has 1 aromatic carbocycles. The summed E-state index contributed by atoms with van der Waals surface area (Å²) >= 11 is 7.35. The second-order valence-corrected chi connectivity index (χ2v) is 7.39. The minimum absolute atomic E-state index is 0.00229. The zero-order chi connectivity index (χ0) is 16.2. The average Bonchev–Trinajstić information content (AvgIpc) is 2.35. The van der Waals surface area contributed by atoms with Crippen LogP contribution in [-0.2, 0) is 6.18 Å². The minimum atomic E-state index is -4.48. The molecule has 0 spiro atoms. The van der Waals surface area contributed by atoms with Crippen LogP contribution in [0.1, 0.15) is 35.2 Å². The van der Waals surface area contributed by atoms with Crippen molar-refractivity contribution in [2.24, 2.45) is 0 Å². The first-order valence-electron chi connectivity index (χ1n) is 6.68. The largest absolute Gasteiger partial charge is 0.416 e. The molecule has 22 heavy (non-hydrogen) atoms. The first kappa shape index (κ1) is 15.8. The third kappa shape index (κ3) is 2.65. The quantitative estimate of drug-likeness (QED) is 0.636. The van der Waals surface area contributed by atoms with Gasteiger partial charge in [0.15, 0.2) is 0 Å². The van der Waals surface area contributed by atoms with Gasteiger partial charge in [-0.1, -0.05) is 11.9 Å². The van der Waals surface area contributed by atoms with E-state index in [-0.39, 0.29) is 16.0 Å². The van der Waals surface area contributed by atoms with Crippen molar-refractivity contribution in [3.8, 4) is 0 Å². The molecule has 2 bridgehead atoms. The van der Waals surface area contributed by atoms with Gasteiger partial charge in [0, 0.05) is 11.8 Å². The van der Waals surface area contributed by atoms with Crippen molar-refractivity contribution in [2.75, 3.05) is 11.0 Å². The molecule has 4 rings (SSSR count). The molecule has 3 fully saturated rings. The highest BCUT2D eigenvalue weighted by molar-refractivity contribution is 7.99. The molecule has 0 saturated heterocycles. The molecule has 3 nitrogen and oxygen atoms in total. The number of anilines is 1. The zero-order valence-corrected chi connectivity index (χ0v) is 13.3. The van der Waals surface area contributed by atoms with E-state index in [1.807, 2.05) is 0 Å². The first-order chi connectivity index (χ1) is 10.2. The van der Waals surface area contributed by atoms with E-state index in [2.05, 4.69) is 10.0 Å². The number of nitrogens with one attached hydrogen (secondary N) is 2. The molecule has 0 unspecified atom stereocenters. The Morgan fingerprint density at radius 1 is 1.32 bits per heavy atom. The molecule has 3 aliphatic carbocycles. The predicted molar refractivity (Wildman–Crippen MR) is 81.2 cm³/mol. The summed E-state index contributed by atoms with van der Waals surface area (Å²) in [5.74, 6) is -0.499. The van der Waals surface area contributed by atoms with Crippen LogP contribution in [0.25, 0.3) is 0 Å². The van der Waals surface area contributed by atoms with Gasteiger partial charge in [-0.15, -0.1) is 11.6 Å². The van der Waals surface area contributed by atoms with E-state index in [4.69, 9.17) is 11.6 Å². The van der Waals surface area contributed by atoms with Gasteiger partial charge in [-0.05, 0) is 37.5 Å². The van der Waals surface area contributed by atoms with Gasteiger partial charge in [-0.3, -0.25) is 4.79 Å². The fraction of sp³-hybridized carbons (Fsp3) is 0.500. The monoisotopic (exact) mass is 350 g/mol. The maximum Gasteiger partial charge on any atom is 0.416 e. The second kappa shape index (κ2) is 4.96. The fourth-order valence-corrected chi connectivity index (χ4v) is 4.38. The van der Waals surface area contributed by atoms with Crippen LogP contribution >= 0.6 is 23.5 Å². The molecule has 3 aliphatic rings. The molecule has 0 atom stereocenters. The van der Waals surface area contributed by atoms with Gasteiger partial charge in [0.1, 0.15) is 0 Å². The van der Waals surface area contributed by atoms with Crippen molar-refractivity contribution in [2.45, 2.75) is 35.9 Å². The van der Waals surface area contributed by atoms with Crippen LogP contribution in [0.15, 0.2) is 18.2 Å². The number of hydrogen-bond acceptors (Lipinski definition) is 3. The van der Waals surface area contributed by atoms with Crippen molar-refractivity contribution < 1.29 is 18.0 Å². The van der Waals surface area contributed by atoms with E-state index in [1.165, 1.54) is 18.0 Å². The summed E-state index contributed by atoms with van der Waals surface area (Å²) in [6.07, 6.45) is -0.714. The number of benzene rings is 1. The number of amides is 1. The Morgan fingerprint density at radius 3 is 2.45 bits per heavy atom. The third-order valence-electron chi connectivity index (χ3n) is 4.15. The number of alkyl halides is 4. The van der Waals surface area contributed by atoms with Gasteiger partial charge in [0.2, 0.25) is 0 Å². The Morgan fingerprint density at radius 2 is 1.95 bits per heavy atom. The van der Waals surface area contributed by atoms with Crippen molar-refractivity contribution in [1.29, 1.82) is 0 Å². The summed E-state index contributed by atoms with van der Waals surface area (Å²) in [7, 11) is 0. The Labute approximate surface area is 135 Å². The van der Waals surface area contributed by atoms with Gasteiger partial charge >= 0.3 is 6.18 Å². The summed E-state index contributed by atoms with van der Waals surface area (Å²) in [6.45, 7) is 0. The van der Waals surface area contributed by atoms with E-state index >= 15 is 0 Å². The molecule has 2 N–H and O–H groups in total. The van der Waals surface area contributed by atoms with Crippen LogP contribution in [-0.4, -0.2) is 22.6 Å². The second-order valence-electron chi connectivity index (χ2n) is 5.98. The van der Waals surface area contributed by atoms with E-state index in [0.717, 1.165) is 12.1 Å². The van der Waals surface area contributed by atoms with Crippen LogP contribution in [0.5, 0.6) is 0 Å². The lowest BCUT2D eigenvalue weighted by Crippen LogP contribution is -2.76. The van der Waals surface area contributed by atoms with Gasteiger partial charge in [-0.25, -0.2) is 0 Å². The molecule has 0 aliphatic heterocycles. The van der Waals surface area contributed by atoms with Crippen LogP contribution in [0.3, 0.4) is 0 Å². The molecule has 0 heterocycles. The fourth-order valence-electron chi connectivity index (χ4n) is 3.21. The molecular weight excluding hydrogens is 337 g/mol. The summed E-state index contributed by atoms with van der Waals surface area (Å²) in [6, 6.07) is 3.12. The van der Waals surface area contributed by atoms with E-state index in [1.54, 1.807) is 6.26 Å². The summed E-state index contributed by atoms with van der Waals surface area (Å²) in [4.78, 5) is 12.2. The average molecular weight is 351 g/mol. The highest BCUT2D eigenvalue weighted by atomic mass is 35.5.